The Morgan fingerprint density at radius 1 is 1.30 bits per heavy atom. The van der Waals surface area contributed by atoms with Crippen molar-refractivity contribution < 1.29 is 4.79 Å². The molecule has 0 fully saturated rings. The van der Waals surface area contributed by atoms with E-state index in [4.69, 9.17) is 0 Å². The van der Waals surface area contributed by atoms with E-state index >= 15 is 0 Å². The van der Waals surface area contributed by atoms with Crippen LogP contribution >= 0.6 is 0 Å². The van der Waals surface area contributed by atoms with Crippen LogP contribution in [0.1, 0.15) is 26.3 Å². The summed E-state index contributed by atoms with van der Waals surface area (Å²) in [7, 11) is 0. The van der Waals surface area contributed by atoms with E-state index < -0.39 is 6.04 Å². The van der Waals surface area contributed by atoms with Gasteiger partial charge in [-0.05, 0) is 28.5 Å². The SMILES string of the molecule is CC[C@H](C)[C@@H](C(=O)Nc1cccc2cccnc12)n1cnnn1. The van der Waals surface area contributed by atoms with E-state index in [1.165, 1.54) is 11.0 Å². The topological polar surface area (TPSA) is 85.6 Å². The standard InChI is InChI=1S/C16H18N6O/c1-3-11(2)15(22-10-18-20-21-22)16(23)19-13-8-4-6-12-7-5-9-17-14(12)13/h4-11,15H,3H2,1-2H3,(H,19,23)/t11-,15-/m0/s1. The van der Waals surface area contributed by atoms with Gasteiger partial charge in [-0.1, -0.05) is 38.5 Å². The van der Waals surface area contributed by atoms with Gasteiger partial charge in [-0.3, -0.25) is 9.78 Å². The van der Waals surface area contributed by atoms with E-state index in [-0.39, 0.29) is 11.8 Å². The van der Waals surface area contributed by atoms with Gasteiger partial charge in [0.2, 0.25) is 5.91 Å². The fourth-order valence-corrected chi connectivity index (χ4v) is 2.57. The fourth-order valence-electron chi connectivity index (χ4n) is 2.57. The number of tetrazole rings is 1. The molecule has 1 aromatic carbocycles. The third-order valence-electron chi connectivity index (χ3n) is 3.99. The van der Waals surface area contributed by atoms with Crippen LogP contribution in [0.25, 0.3) is 10.9 Å². The molecule has 0 saturated carbocycles. The molecule has 2 heterocycles. The van der Waals surface area contributed by atoms with E-state index in [9.17, 15) is 4.79 Å². The fraction of sp³-hybridized carbons (Fsp3) is 0.312. The molecule has 3 aromatic rings. The maximum absolute atomic E-state index is 12.8. The number of benzene rings is 1. The first-order valence-corrected chi connectivity index (χ1v) is 7.57. The first-order valence-electron chi connectivity index (χ1n) is 7.57. The van der Waals surface area contributed by atoms with Gasteiger partial charge in [-0.15, -0.1) is 5.10 Å². The monoisotopic (exact) mass is 310 g/mol. The molecule has 2 aromatic heterocycles. The van der Waals surface area contributed by atoms with Crippen molar-refractivity contribution in [3.8, 4) is 0 Å². The third kappa shape index (κ3) is 3.03. The molecule has 0 unspecified atom stereocenters. The molecule has 0 spiro atoms. The highest BCUT2D eigenvalue weighted by atomic mass is 16.2. The van der Waals surface area contributed by atoms with Crippen LogP contribution in [-0.4, -0.2) is 31.1 Å². The Bertz CT molecular complexity index is 796. The van der Waals surface area contributed by atoms with Crippen molar-refractivity contribution in [3.05, 3.63) is 42.9 Å². The van der Waals surface area contributed by atoms with E-state index in [1.807, 2.05) is 44.2 Å². The molecular weight excluding hydrogens is 292 g/mol. The summed E-state index contributed by atoms with van der Waals surface area (Å²) in [4.78, 5) is 17.2. The van der Waals surface area contributed by atoms with Crippen molar-refractivity contribution in [2.75, 3.05) is 5.32 Å². The number of fused-ring (bicyclic) bond motifs is 1. The highest BCUT2D eigenvalue weighted by molar-refractivity contribution is 6.01. The normalized spacial score (nSPS) is 13.7. The van der Waals surface area contributed by atoms with Crippen LogP contribution in [0.5, 0.6) is 0 Å². The van der Waals surface area contributed by atoms with Crippen LogP contribution in [-0.2, 0) is 4.79 Å². The lowest BCUT2D eigenvalue weighted by Crippen LogP contribution is -2.31. The number of rotatable bonds is 5. The summed E-state index contributed by atoms with van der Waals surface area (Å²) in [5, 5.41) is 15.1. The van der Waals surface area contributed by atoms with Crippen molar-refractivity contribution >= 4 is 22.5 Å². The summed E-state index contributed by atoms with van der Waals surface area (Å²) in [5.41, 5.74) is 1.46. The summed E-state index contributed by atoms with van der Waals surface area (Å²) in [5.74, 6) is -0.0498. The zero-order valence-electron chi connectivity index (χ0n) is 13.0. The molecule has 0 bridgehead atoms. The molecule has 7 heteroatoms. The molecule has 0 radical (unpaired) electrons. The number of nitrogens with one attached hydrogen (secondary N) is 1. The molecule has 0 saturated heterocycles. The highest BCUT2D eigenvalue weighted by Gasteiger charge is 2.27. The number of para-hydroxylation sites is 1. The summed E-state index contributed by atoms with van der Waals surface area (Å²) in [6.07, 6.45) is 4.02. The summed E-state index contributed by atoms with van der Waals surface area (Å²) >= 11 is 0. The van der Waals surface area contributed by atoms with Gasteiger partial charge < -0.3 is 5.32 Å². The number of amides is 1. The minimum atomic E-state index is -0.464. The van der Waals surface area contributed by atoms with Gasteiger partial charge in [-0.25, -0.2) is 4.68 Å². The second-order valence-electron chi connectivity index (χ2n) is 5.49. The quantitative estimate of drug-likeness (QED) is 0.782. The van der Waals surface area contributed by atoms with Gasteiger partial charge >= 0.3 is 0 Å². The average molecular weight is 310 g/mol. The Morgan fingerprint density at radius 3 is 2.87 bits per heavy atom. The van der Waals surface area contributed by atoms with Crippen LogP contribution in [0.4, 0.5) is 5.69 Å². The lowest BCUT2D eigenvalue weighted by atomic mass is 9.98. The predicted molar refractivity (Wildman–Crippen MR) is 86.7 cm³/mol. The first kappa shape index (κ1) is 15.1. The molecule has 0 aliphatic carbocycles. The lowest BCUT2D eigenvalue weighted by molar-refractivity contribution is -0.121. The number of hydrogen-bond donors (Lipinski definition) is 1. The van der Waals surface area contributed by atoms with Gasteiger partial charge in [0.05, 0.1) is 11.2 Å². The number of carbonyl (C=O) groups excluding carboxylic acids is 1. The molecule has 118 valence electrons. The van der Waals surface area contributed by atoms with Crippen LogP contribution in [0.2, 0.25) is 0 Å². The van der Waals surface area contributed by atoms with Crippen molar-refractivity contribution in [3.63, 3.8) is 0 Å². The van der Waals surface area contributed by atoms with E-state index in [0.29, 0.717) is 5.69 Å². The van der Waals surface area contributed by atoms with E-state index in [1.54, 1.807) is 6.20 Å². The van der Waals surface area contributed by atoms with E-state index in [0.717, 1.165) is 17.3 Å². The zero-order chi connectivity index (χ0) is 16.2. The molecule has 0 aliphatic heterocycles. The maximum atomic E-state index is 12.8. The number of nitrogens with zero attached hydrogens (tertiary/aromatic N) is 5. The van der Waals surface area contributed by atoms with Gasteiger partial charge in [-0.2, -0.15) is 0 Å². The van der Waals surface area contributed by atoms with Gasteiger partial charge in [0.15, 0.2) is 0 Å². The van der Waals surface area contributed by atoms with Gasteiger partial charge in [0.1, 0.15) is 12.4 Å². The first-order chi connectivity index (χ1) is 11.2. The molecule has 3 rings (SSSR count). The molecule has 1 amide bonds. The van der Waals surface area contributed by atoms with Crippen molar-refractivity contribution in [2.45, 2.75) is 26.3 Å². The average Bonchev–Trinajstić information content (AvgIpc) is 3.09. The van der Waals surface area contributed by atoms with Gasteiger partial charge in [0, 0.05) is 11.6 Å². The molecule has 1 N–H and O–H groups in total. The Hall–Kier alpha value is -2.83. The van der Waals surface area contributed by atoms with E-state index in [2.05, 4.69) is 25.8 Å². The van der Waals surface area contributed by atoms with Crippen molar-refractivity contribution in [1.29, 1.82) is 0 Å². The Labute approximate surface area is 133 Å². The minimum Gasteiger partial charge on any atom is -0.322 e. The summed E-state index contributed by atoms with van der Waals surface area (Å²) in [6.45, 7) is 4.04. The summed E-state index contributed by atoms with van der Waals surface area (Å²) in [6, 6.07) is 9.08. The number of aromatic nitrogens is 5. The Balaban J connectivity index is 1.92. The third-order valence-corrected chi connectivity index (χ3v) is 3.99. The van der Waals surface area contributed by atoms with Crippen molar-refractivity contribution in [1.82, 2.24) is 25.2 Å². The molecular formula is C16H18N6O. The second-order valence-corrected chi connectivity index (χ2v) is 5.49. The van der Waals surface area contributed by atoms with Gasteiger partial charge in [0.25, 0.3) is 0 Å². The maximum Gasteiger partial charge on any atom is 0.249 e. The molecule has 7 nitrogen and oxygen atoms in total. The smallest absolute Gasteiger partial charge is 0.249 e. The largest absolute Gasteiger partial charge is 0.322 e. The minimum absolute atomic E-state index is 0.0986. The Kier molecular flexibility index (Phi) is 4.27. The molecule has 0 aliphatic rings. The Morgan fingerprint density at radius 2 is 2.13 bits per heavy atom. The second kappa shape index (κ2) is 6.51. The highest BCUT2D eigenvalue weighted by Crippen LogP contribution is 2.25. The van der Waals surface area contributed by atoms with Crippen LogP contribution in [0.15, 0.2) is 42.9 Å². The van der Waals surface area contributed by atoms with Crippen LogP contribution in [0, 0.1) is 5.92 Å². The number of pyridine rings is 1. The molecule has 23 heavy (non-hydrogen) atoms. The predicted octanol–water partition coefficient (Wildman–Crippen LogP) is 2.45. The summed E-state index contributed by atoms with van der Waals surface area (Å²) < 4.78 is 1.50. The number of anilines is 1. The van der Waals surface area contributed by atoms with Crippen LogP contribution in [0.3, 0.4) is 0 Å². The number of carbonyl (C=O) groups is 1. The molecule has 2 atom stereocenters. The van der Waals surface area contributed by atoms with Crippen LogP contribution < -0.4 is 5.32 Å². The van der Waals surface area contributed by atoms with Crippen molar-refractivity contribution in [2.24, 2.45) is 5.92 Å². The number of hydrogen-bond acceptors (Lipinski definition) is 5. The zero-order valence-corrected chi connectivity index (χ0v) is 13.0. The lowest BCUT2D eigenvalue weighted by Gasteiger charge is -2.21.